The Morgan fingerprint density at radius 2 is 1.93 bits per heavy atom. The highest BCUT2D eigenvalue weighted by Gasteiger charge is 2.27. The Labute approximate surface area is 170 Å². The zero-order chi connectivity index (χ0) is 20.1. The number of nitrogens with zero attached hydrogens (tertiary/aromatic N) is 3. The summed E-state index contributed by atoms with van der Waals surface area (Å²) < 4.78 is 19.3. The van der Waals surface area contributed by atoms with Crippen LogP contribution in [0.5, 0.6) is 0 Å². The minimum Gasteiger partial charge on any atom is -0.339 e. The molecular weight excluding hydrogens is 371 g/mol. The van der Waals surface area contributed by atoms with Gasteiger partial charge >= 0.3 is 6.03 Å². The van der Waals surface area contributed by atoms with E-state index in [1.165, 1.54) is 31.7 Å². The largest absolute Gasteiger partial charge is 0.339 e. The van der Waals surface area contributed by atoms with Gasteiger partial charge in [-0.25, -0.2) is 9.18 Å². The van der Waals surface area contributed by atoms with E-state index in [1.54, 1.807) is 18.2 Å². The normalized spacial score (nSPS) is 21.0. The Hall–Kier alpha value is -2.44. The van der Waals surface area contributed by atoms with Crippen molar-refractivity contribution in [1.82, 2.24) is 20.4 Å². The smallest absolute Gasteiger partial charge is 0.317 e. The number of urea groups is 1. The second-order valence-corrected chi connectivity index (χ2v) is 8.29. The average Bonchev–Trinajstić information content (AvgIpc) is 3.03. The first-order chi connectivity index (χ1) is 14.2. The monoisotopic (exact) mass is 400 g/mol. The predicted octanol–water partition coefficient (Wildman–Crippen LogP) is 4.56. The fraction of sp³-hybridized carbons (Fsp3) is 0.591. The number of halogens is 1. The number of hydrogen-bond donors (Lipinski definition) is 1. The lowest BCUT2D eigenvalue weighted by Crippen LogP contribution is -2.48. The van der Waals surface area contributed by atoms with Gasteiger partial charge in [0.1, 0.15) is 5.82 Å². The van der Waals surface area contributed by atoms with Crippen LogP contribution in [0.1, 0.15) is 57.3 Å². The van der Waals surface area contributed by atoms with Crippen LogP contribution in [0.4, 0.5) is 9.18 Å². The summed E-state index contributed by atoms with van der Waals surface area (Å²) in [6.45, 7) is 1.48. The lowest BCUT2D eigenvalue weighted by molar-refractivity contribution is 0.157. The number of aromatic nitrogens is 2. The van der Waals surface area contributed by atoms with E-state index in [9.17, 15) is 9.18 Å². The second kappa shape index (κ2) is 9.37. The van der Waals surface area contributed by atoms with Crippen molar-refractivity contribution in [3.8, 4) is 11.4 Å². The Bertz CT molecular complexity index is 817. The van der Waals surface area contributed by atoms with Crippen molar-refractivity contribution in [3.63, 3.8) is 0 Å². The van der Waals surface area contributed by atoms with Gasteiger partial charge in [0.25, 0.3) is 0 Å². The number of carbonyl (C=O) groups excluding carboxylic acids is 1. The highest BCUT2D eigenvalue weighted by atomic mass is 19.1. The molecule has 1 aliphatic heterocycles. The molecule has 1 N–H and O–H groups in total. The van der Waals surface area contributed by atoms with E-state index in [1.807, 2.05) is 4.90 Å². The fourth-order valence-corrected chi connectivity index (χ4v) is 4.44. The fourth-order valence-electron chi connectivity index (χ4n) is 4.44. The molecule has 2 heterocycles. The van der Waals surface area contributed by atoms with Crippen LogP contribution in [-0.2, 0) is 6.42 Å². The van der Waals surface area contributed by atoms with E-state index >= 15 is 0 Å². The van der Waals surface area contributed by atoms with Gasteiger partial charge in [0.2, 0.25) is 11.7 Å². The Morgan fingerprint density at radius 3 is 2.72 bits per heavy atom. The summed E-state index contributed by atoms with van der Waals surface area (Å²) in [5, 5.41) is 7.17. The first-order valence-corrected chi connectivity index (χ1v) is 10.8. The zero-order valence-corrected chi connectivity index (χ0v) is 16.8. The maximum absolute atomic E-state index is 13.9. The maximum atomic E-state index is 13.9. The van der Waals surface area contributed by atoms with E-state index in [4.69, 9.17) is 4.52 Å². The summed E-state index contributed by atoms with van der Waals surface area (Å²) >= 11 is 0. The van der Waals surface area contributed by atoms with E-state index in [0.717, 1.165) is 32.2 Å². The number of nitrogens with one attached hydrogen (secondary N) is 1. The van der Waals surface area contributed by atoms with Gasteiger partial charge in [-0.1, -0.05) is 43.0 Å². The number of hydrogen-bond acceptors (Lipinski definition) is 4. The van der Waals surface area contributed by atoms with Crippen LogP contribution in [-0.4, -0.2) is 40.2 Å². The SMILES string of the molecule is O=C(NC1CCCCCC1)N1CCCC(Cc2nc(-c3ccccc3F)no2)C1. The average molecular weight is 400 g/mol. The number of rotatable bonds is 4. The molecule has 0 bridgehead atoms. The van der Waals surface area contributed by atoms with Crippen molar-refractivity contribution in [3.05, 3.63) is 36.0 Å². The van der Waals surface area contributed by atoms with Crippen molar-refractivity contribution >= 4 is 6.03 Å². The minimum absolute atomic E-state index is 0.0548. The van der Waals surface area contributed by atoms with Crippen LogP contribution in [0.2, 0.25) is 0 Å². The quantitative estimate of drug-likeness (QED) is 0.764. The third kappa shape index (κ3) is 5.14. The van der Waals surface area contributed by atoms with Gasteiger partial charge in [-0.05, 0) is 43.7 Å². The lowest BCUT2D eigenvalue weighted by Gasteiger charge is -2.33. The topological polar surface area (TPSA) is 71.3 Å². The zero-order valence-electron chi connectivity index (χ0n) is 16.8. The number of piperidine rings is 1. The van der Waals surface area contributed by atoms with Gasteiger partial charge in [-0.3, -0.25) is 0 Å². The number of likely N-dealkylation sites (tertiary alicyclic amines) is 1. The lowest BCUT2D eigenvalue weighted by atomic mass is 9.95. The first kappa shape index (κ1) is 19.9. The molecule has 1 saturated carbocycles. The number of carbonyl (C=O) groups is 1. The van der Waals surface area contributed by atoms with Gasteiger partial charge < -0.3 is 14.7 Å². The van der Waals surface area contributed by atoms with Gasteiger partial charge in [0.05, 0.1) is 5.56 Å². The number of benzene rings is 1. The molecule has 2 aliphatic rings. The molecule has 1 unspecified atom stereocenters. The molecule has 2 fully saturated rings. The van der Waals surface area contributed by atoms with E-state index in [0.29, 0.717) is 30.5 Å². The molecule has 0 radical (unpaired) electrons. The molecule has 0 spiro atoms. The molecule has 1 aromatic carbocycles. The Kier molecular flexibility index (Phi) is 6.42. The Morgan fingerprint density at radius 1 is 1.14 bits per heavy atom. The van der Waals surface area contributed by atoms with Crippen LogP contribution < -0.4 is 5.32 Å². The van der Waals surface area contributed by atoms with E-state index in [2.05, 4.69) is 15.5 Å². The molecule has 156 valence electrons. The van der Waals surface area contributed by atoms with Crippen LogP contribution in [0.25, 0.3) is 11.4 Å². The van der Waals surface area contributed by atoms with Crippen LogP contribution in [0.15, 0.2) is 28.8 Å². The van der Waals surface area contributed by atoms with Gasteiger partial charge in [-0.2, -0.15) is 4.98 Å². The summed E-state index contributed by atoms with van der Waals surface area (Å²) in [4.78, 5) is 19.0. The van der Waals surface area contributed by atoms with Gasteiger partial charge in [-0.15, -0.1) is 0 Å². The Balaban J connectivity index is 1.33. The molecule has 4 rings (SSSR count). The standard InChI is InChI=1S/C22H29FN4O2/c23-19-12-6-5-11-18(19)21-25-20(29-26-21)14-16-8-7-13-27(15-16)22(28)24-17-9-3-1-2-4-10-17/h5-6,11-12,16-17H,1-4,7-10,13-15H2,(H,24,28). The van der Waals surface area contributed by atoms with Crippen molar-refractivity contribution < 1.29 is 13.7 Å². The predicted molar refractivity (Wildman–Crippen MR) is 108 cm³/mol. The molecule has 7 heteroatoms. The molecule has 1 saturated heterocycles. The summed E-state index contributed by atoms with van der Waals surface area (Å²) in [7, 11) is 0. The number of amides is 2. The molecule has 2 amide bonds. The van der Waals surface area contributed by atoms with Crippen molar-refractivity contribution in [2.75, 3.05) is 13.1 Å². The van der Waals surface area contributed by atoms with Crippen molar-refractivity contribution in [1.29, 1.82) is 0 Å². The molecule has 6 nitrogen and oxygen atoms in total. The highest BCUT2D eigenvalue weighted by Crippen LogP contribution is 2.24. The third-order valence-corrected chi connectivity index (χ3v) is 6.04. The maximum Gasteiger partial charge on any atom is 0.317 e. The molecule has 1 aliphatic carbocycles. The van der Waals surface area contributed by atoms with Gasteiger partial charge in [0.15, 0.2) is 0 Å². The van der Waals surface area contributed by atoms with Crippen LogP contribution in [0, 0.1) is 11.7 Å². The first-order valence-electron chi connectivity index (χ1n) is 10.8. The van der Waals surface area contributed by atoms with Crippen molar-refractivity contribution in [2.45, 2.75) is 63.8 Å². The molecular formula is C22H29FN4O2. The summed E-state index contributed by atoms with van der Waals surface area (Å²) in [5.74, 6) is 0.688. The van der Waals surface area contributed by atoms with Gasteiger partial charge in [0, 0.05) is 25.6 Å². The van der Waals surface area contributed by atoms with E-state index < -0.39 is 0 Å². The van der Waals surface area contributed by atoms with E-state index in [-0.39, 0.29) is 23.6 Å². The van der Waals surface area contributed by atoms with Crippen LogP contribution in [0.3, 0.4) is 0 Å². The summed E-state index contributed by atoms with van der Waals surface area (Å²) in [6.07, 6.45) is 9.72. The minimum atomic E-state index is -0.362. The summed E-state index contributed by atoms with van der Waals surface area (Å²) in [6, 6.07) is 6.78. The molecule has 29 heavy (non-hydrogen) atoms. The molecule has 1 aromatic heterocycles. The third-order valence-electron chi connectivity index (χ3n) is 6.04. The summed E-state index contributed by atoms with van der Waals surface area (Å²) in [5.41, 5.74) is 0.343. The molecule has 1 atom stereocenters. The van der Waals surface area contributed by atoms with Crippen LogP contribution >= 0.6 is 0 Å². The highest BCUT2D eigenvalue weighted by molar-refractivity contribution is 5.74. The van der Waals surface area contributed by atoms with Crippen molar-refractivity contribution in [2.24, 2.45) is 5.92 Å². The second-order valence-electron chi connectivity index (χ2n) is 8.29. The molecule has 2 aromatic rings.